The Morgan fingerprint density at radius 1 is 1.10 bits per heavy atom. The largest absolute Gasteiger partial charge is 0.450 e. The molecule has 4 nitrogen and oxygen atoms in total. The third-order valence-electron chi connectivity index (χ3n) is 5.83. The second-order valence-electron chi connectivity index (χ2n) is 8.42. The van der Waals surface area contributed by atoms with Gasteiger partial charge >= 0.3 is 30.0 Å². The number of aliphatic hydroxyl groups is 1. The fraction of sp³-hybridized carbons (Fsp3) is 0.833. The SMILES string of the molecule is CCC(C)(C)C(C)(C=C(C)C)C(=O)OC1(C)C(F)(F)OC(O)(C(F)(F)F)C1(F)F. The predicted molar refractivity (Wildman–Crippen MR) is 88.1 cm³/mol. The van der Waals surface area contributed by atoms with E-state index in [1.807, 2.05) is 0 Å². The minimum absolute atomic E-state index is 0.101. The molecule has 1 aliphatic rings. The minimum atomic E-state index is -6.30. The van der Waals surface area contributed by atoms with Gasteiger partial charge in [0.05, 0.1) is 5.41 Å². The average Bonchev–Trinajstić information content (AvgIpc) is 2.61. The first kappa shape index (κ1) is 25.7. The van der Waals surface area contributed by atoms with Crippen LogP contribution >= 0.6 is 0 Å². The van der Waals surface area contributed by atoms with Crippen LogP contribution in [-0.4, -0.2) is 40.7 Å². The highest BCUT2D eigenvalue weighted by Gasteiger charge is 2.92. The molecule has 1 fully saturated rings. The first-order chi connectivity index (χ1) is 12.6. The summed E-state index contributed by atoms with van der Waals surface area (Å²) in [6.45, 7) is 9.00. The molecule has 0 aromatic rings. The van der Waals surface area contributed by atoms with Gasteiger partial charge in [-0.15, -0.1) is 0 Å². The van der Waals surface area contributed by atoms with Crippen molar-refractivity contribution in [2.75, 3.05) is 0 Å². The van der Waals surface area contributed by atoms with Gasteiger partial charge in [0, 0.05) is 0 Å². The number of ether oxygens (including phenoxy) is 2. The Morgan fingerprint density at radius 2 is 1.55 bits per heavy atom. The van der Waals surface area contributed by atoms with Gasteiger partial charge in [0.25, 0.3) is 5.60 Å². The molecule has 0 saturated carbocycles. The van der Waals surface area contributed by atoms with Crippen LogP contribution in [0.15, 0.2) is 11.6 Å². The highest BCUT2D eigenvalue weighted by molar-refractivity contribution is 5.80. The lowest BCUT2D eigenvalue weighted by Gasteiger charge is -2.43. The minimum Gasteiger partial charge on any atom is -0.442 e. The molecule has 1 heterocycles. The Kier molecular flexibility index (Phi) is 6.05. The van der Waals surface area contributed by atoms with Crippen molar-refractivity contribution in [2.45, 2.75) is 84.5 Å². The van der Waals surface area contributed by atoms with Crippen LogP contribution in [0.1, 0.15) is 54.9 Å². The summed E-state index contributed by atoms with van der Waals surface area (Å²) in [4.78, 5) is 12.9. The smallest absolute Gasteiger partial charge is 0.442 e. The third kappa shape index (κ3) is 3.43. The van der Waals surface area contributed by atoms with E-state index in [0.717, 1.165) is 0 Å². The van der Waals surface area contributed by atoms with Crippen molar-refractivity contribution in [3.8, 4) is 0 Å². The number of halogens is 7. The van der Waals surface area contributed by atoms with E-state index >= 15 is 0 Å². The summed E-state index contributed by atoms with van der Waals surface area (Å²) in [5.74, 6) is -12.9. The zero-order valence-electron chi connectivity index (χ0n) is 17.1. The molecule has 0 spiro atoms. The number of hydrogen-bond acceptors (Lipinski definition) is 4. The van der Waals surface area contributed by atoms with Crippen LogP contribution in [0.4, 0.5) is 30.7 Å². The molecule has 3 atom stereocenters. The van der Waals surface area contributed by atoms with Gasteiger partial charge < -0.3 is 9.84 Å². The molecule has 1 saturated heterocycles. The Balaban J connectivity index is 3.61. The predicted octanol–water partition coefficient (Wildman–Crippen LogP) is 5.21. The van der Waals surface area contributed by atoms with E-state index in [0.29, 0.717) is 5.57 Å². The van der Waals surface area contributed by atoms with Crippen molar-refractivity contribution in [2.24, 2.45) is 10.8 Å². The molecular formula is C18H25F7O4. The van der Waals surface area contributed by atoms with Crippen molar-refractivity contribution in [1.82, 2.24) is 0 Å². The standard InChI is InChI=1S/C18H25F7O4/c1-8-12(4,5)13(6,9-10(2)3)11(26)28-14(7)15(19,20)16(27,17(21,22)23)29-18(14,24)25/h9,27H,8H2,1-7H3. The summed E-state index contributed by atoms with van der Waals surface area (Å²) >= 11 is 0. The molecule has 29 heavy (non-hydrogen) atoms. The molecular weight excluding hydrogens is 413 g/mol. The molecule has 0 amide bonds. The van der Waals surface area contributed by atoms with Crippen LogP contribution in [-0.2, 0) is 14.3 Å². The molecule has 3 unspecified atom stereocenters. The van der Waals surface area contributed by atoms with Crippen molar-refractivity contribution < 1.29 is 50.1 Å². The van der Waals surface area contributed by atoms with Gasteiger partial charge in [-0.3, -0.25) is 9.53 Å². The number of hydrogen-bond donors (Lipinski definition) is 1. The number of rotatable bonds is 5. The van der Waals surface area contributed by atoms with Crippen molar-refractivity contribution in [1.29, 1.82) is 0 Å². The topological polar surface area (TPSA) is 55.8 Å². The quantitative estimate of drug-likeness (QED) is 0.364. The normalized spacial score (nSPS) is 31.1. The van der Waals surface area contributed by atoms with Crippen molar-refractivity contribution in [3.63, 3.8) is 0 Å². The van der Waals surface area contributed by atoms with E-state index in [-0.39, 0.29) is 13.3 Å². The lowest BCUT2D eigenvalue weighted by molar-refractivity contribution is -0.433. The van der Waals surface area contributed by atoms with Gasteiger partial charge in [-0.05, 0) is 39.5 Å². The van der Waals surface area contributed by atoms with E-state index in [9.17, 15) is 40.6 Å². The van der Waals surface area contributed by atoms with Crippen molar-refractivity contribution in [3.05, 3.63) is 11.6 Å². The van der Waals surface area contributed by atoms with E-state index < -0.39 is 46.4 Å². The van der Waals surface area contributed by atoms with Crippen LogP contribution in [0.2, 0.25) is 0 Å². The van der Waals surface area contributed by atoms with Crippen LogP contribution in [0.5, 0.6) is 0 Å². The number of allylic oxidation sites excluding steroid dienone is 1. The Bertz CT molecular complexity index is 697. The maximum Gasteiger partial charge on any atom is 0.450 e. The molecule has 0 bridgehead atoms. The van der Waals surface area contributed by atoms with E-state index in [2.05, 4.69) is 9.47 Å². The maximum atomic E-state index is 14.6. The van der Waals surface area contributed by atoms with Crippen molar-refractivity contribution >= 4 is 5.97 Å². The summed E-state index contributed by atoms with van der Waals surface area (Å²) in [5, 5.41) is 9.31. The maximum absolute atomic E-state index is 14.6. The molecule has 1 aliphatic heterocycles. The number of carbonyl (C=O) groups is 1. The van der Waals surface area contributed by atoms with Gasteiger partial charge in [-0.2, -0.15) is 30.7 Å². The van der Waals surface area contributed by atoms with Crippen LogP contribution in [0.25, 0.3) is 0 Å². The summed E-state index contributed by atoms with van der Waals surface area (Å²) in [6, 6.07) is 0. The number of esters is 1. The molecule has 1 rings (SSSR count). The summed E-state index contributed by atoms with van der Waals surface area (Å²) in [6.07, 6.45) is -10.1. The van der Waals surface area contributed by atoms with E-state index in [1.54, 1.807) is 34.6 Å². The summed E-state index contributed by atoms with van der Waals surface area (Å²) in [5.41, 5.74) is -6.68. The van der Waals surface area contributed by atoms with Gasteiger partial charge in [0.15, 0.2) is 0 Å². The lowest BCUT2D eigenvalue weighted by atomic mass is 9.64. The third-order valence-corrected chi connectivity index (χ3v) is 5.83. The number of carbonyl (C=O) groups excluding carboxylic acids is 1. The Labute approximate surface area is 164 Å². The van der Waals surface area contributed by atoms with Crippen LogP contribution < -0.4 is 0 Å². The lowest BCUT2D eigenvalue weighted by Crippen LogP contribution is -2.65. The zero-order valence-corrected chi connectivity index (χ0v) is 17.1. The van der Waals surface area contributed by atoms with Crippen LogP contribution in [0, 0.1) is 10.8 Å². The number of alkyl halides is 7. The fourth-order valence-corrected chi connectivity index (χ4v) is 2.98. The second-order valence-corrected chi connectivity index (χ2v) is 8.42. The molecule has 0 radical (unpaired) electrons. The highest BCUT2D eigenvalue weighted by atomic mass is 19.4. The van der Waals surface area contributed by atoms with Gasteiger partial charge in [0.2, 0.25) is 0 Å². The molecule has 0 aliphatic carbocycles. The molecule has 0 aromatic carbocycles. The Morgan fingerprint density at radius 3 is 1.86 bits per heavy atom. The first-order valence-electron chi connectivity index (χ1n) is 8.71. The highest BCUT2D eigenvalue weighted by Crippen LogP contribution is 2.62. The average molecular weight is 438 g/mol. The van der Waals surface area contributed by atoms with Crippen LogP contribution in [0.3, 0.4) is 0 Å². The second kappa shape index (κ2) is 6.83. The fourth-order valence-electron chi connectivity index (χ4n) is 2.98. The molecule has 11 heteroatoms. The van der Waals surface area contributed by atoms with Gasteiger partial charge in [-0.25, -0.2) is 0 Å². The Hall–Kier alpha value is -1.36. The van der Waals surface area contributed by atoms with E-state index in [1.165, 1.54) is 13.0 Å². The van der Waals surface area contributed by atoms with Gasteiger partial charge in [-0.1, -0.05) is 32.4 Å². The molecule has 1 N–H and O–H groups in total. The molecule has 0 aromatic heterocycles. The van der Waals surface area contributed by atoms with Gasteiger partial charge in [0.1, 0.15) is 0 Å². The summed E-state index contributed by atoms with van der Waals surface area (Å²) in [7, 11) is 0. The summed E-state index contributed by atoms with van der Waals surface area (Å²) < 4.78 is 104. The van der Waals surface area contributed by atoms with E-state index in [4.69, 9.17) is 0 Å². The first-order valence-corrected chi connectivity index (χ1v) is 8.71. The zero-order chi connectivity index (χ0) is 23.5. The monoisotopic (exact) mass is 438 g/mol. The molecule has 170 valence electrons.